The molecule has 0 radical (unpaired) electrons. The molecule has 3 N–H and O–H groups in total. The normalized spacial score (nSPS) is 20.6. The van der Waals surface area contributed by atoms with Crippen molar-refractivity contribution in [3.8, 4) is 0 Å². The number of carbonyl (C=O) groups is 2. The Bertz CT molecular complexity index is 1040. The van der Waals surface area contributed by atoms with Gasteiger partial charge in [0.15, 0.2) is 0 Å². The Hall–Kier alpha value is -1.72. The first-order valence-corrected chi connectivity index (χ1v) is 12.2. The maximum atomic E-state index is 14.6. The number of halogens is 2. The Morgan fingerprint density at radius 3 is 2.90 bits per heavy atom. The number of nitrogens with one attached hydrogen (secondary N) is 2. The van der Waals surface area contributed by atoms with E-state index in [-0.39, 0.29) is 29.5 Å². The summed E-state index contributed by atoms with van der Waals surface area (Å²) in [5.74, 6) is -0.864. The van der Waals surface area contributed by atoms with Gasteiger partial charge in [-0.05, 0) is 71.0 Å². The van der Waals surface area contributed by atoms with Gasteiger partial charge in [-0.1, -0.05) is 13.8 Å². The number of thiophene rings is 1. The quantitative estimate of drug-likeness (QED) is 0.496. The number of likely N-dealkylation sites (tertiary alicyclic amines) is 1. The molecule has 0 spiro atoms. The summed E-state index contributed by atoms with van der Waals surface area (Å²) in [7, 11) is 0. The van der Waals surface area contributed by atoms with Gasteiger partial charge in [0.1, 0.15) is 10.8 Å². The van der Waals surface area contributed by atoms with Crippen LogP contribution >= 0.6 is 33.9 Å². The van der Waals surface area contributed by atoms with E-state index in [0.29, 0.717) is 46.9 Å². The third kappa shape index (κ3) is 4.73. The van der Waals surface area contributed by atoms with E-state index >= 15 is 0 Å². The van der Waals surface area contributed by atoms with Crippen molar-refractivity contribution in [2.24, 2.45) is 5.41 Å². The van der Waals surface area contributed by atoms with Crippen LogP contribution in [0.25, 0.3) is 0 Å². The van der Waals surface area contributed by atoms with E-state index < -0.39 is 11.9 Å². The molecule has 1 unspecified atom stereocenters. The van der Waals surface area contributed by atoms with E-state index in [1.807, 2.05) is 36.4 Å². The van der Waals surface area contributed by atoms with E-state index in [9.17, 15) is 19.1 Å². The number of β-amino-alcohol motifs (C(OH)–C–C–N with tert-alkyl or cyclic N) is 1. The molecule has 1 saturated heterocycles. The standard InChI is InChI=1S/C22H25FIN3O3S/c1-22(2)9-14-17(21(30)27-7-3-4-13(28)10-27)20(31-18(14)19(29)25-11-22)26-16-6-5-12(24)8-15(16)23/h5-6,8,13,26,28H,3-4,7,9-11H2,1-2H3,(H,25,29). The number of hydrogen-bond acceptors (Lipinski definition) is 5. The molecule has 3 heterocycles. The first-order valence-electron chi connectivity index (χ1n) is 10.3. The number of hydrogen-bond donors (Lipinski definition) is 3. The van der Waals surface area contributed by atoms with Crippen LogP contribution in [-0.4, -0.2) is 47.6 Å². The average molecular weight is 557 g/mol. The van der Waals surface area contributed by atoms with Gasteiger partial charge in [-0.15, -0.1) is 11.3 Å². The van der Waals surface area contributed by atoms with Crippen LogP contribution in [0, 0.1) is 14.8 Å². The van der Waals surface area contributed by atoms with Gasteiger partial charge in [-0.2, -0.15) is 0 Å². The molecule has 2 amide bonds. The largest absolute Gasteiger partial charge is 0.391 e. The zero-order chi connectivity index (χ0) is 22.3. The molecule has 1 aromatic carbocycles. The van der Waals surface area contributed by atoms with Crippen molar-refractivity contribution >= 4 is 56.4 Å². The molecule has 2 aliphatic rings. The number of aliphatic hydroxyl groups is 1. The zero-order valence-corrected chi connectivity index (χ0v) is 20.4. The summed E-state index contributed by atoms with van der Waals surface area (Å²) in [4.78, 5) is 28.5. The van der Waals surface area contributed by atoms with Crippen molar-refractivity contribution in [1.29, 1.82) is 0 Å². The average Bonchev–Trinajstić information content (AvgIpc) is 2.99. The molecule has 2 aromatic rings. The van der Waals surface area contributed by atoms with E-state index in [1.54, 1.807) is 17.0 Å². The van der Waals surface area contributed by atoms with Crippen molar-refractivity contribution < 1.29 is 19.1 Å². The van der Waals surface area contributed by atoms with Gasteiger partial charge < -0.3 is 20.6 Å². The number of rotatable bonds is 3. The minimum atomic E-state index is -0.556. The van der Waals surface area contributed by atoms with E-state index in [2.05, 4.69) is 10.6 Å². The highest BCUT2D eigenvalue weighted by atomic mass is 127. The lowest BCUT2D eigenvalue weighted by Gasteiger charge is -2.31. The minimum Gasteiger partial charge on any atom is -0.391 e. The highest BCUT2D eigenvalue weighted by Crippen LogP contribution is 2.41. The van der Waals surface area contributed by atoms with Crippen LogP contribution in [0.15, 0.2) is 18.2 Å². The molecule has 0 aliphatic carbocycles. The molecule has 1 fully saturated rings. The predicted molar refractivity (Wildman–Crippen MR) is 128 cm³/mol. The number of benzene rings is 1. The van der Waals surface area contributed by atoms with Crippen molar-refractivity contribution in [2.75, 3.05) is 25.0 Å². The maximum absolute atomic E-state index is 14.6. The maximum Gasteiger partial charge on any atom is 0.261 e. The molecular formula is C22H25FIN3O3S. The fourth-order valence-corrected chi connectivity index (χ4v) is 5.68. The van der Waals surface area contributed by atoms with Gasteiger partial charge in [0.05, 0.1) is 22.2 Å². The third-order valence-electron chi connectivity index (χ3n) is 5.67. The second-order valence-electron chi connectivity index (χ2n) is 8.93. The molecule has 31 heavy (non-hydrogen) atoms. The van der Waals surface area contributed by atoms with Crippen LogP contribution in [0.5, 0.6) is 0 Å². The molecular weight excluding hydrogens is 532 g/mol. The number of fused-ring (bicyclic) bond motifs is 1. The number of amides is 2. The highest BCUT2D eigenvalue weighted by Gasteiger charge is 2.36. The molecule has 0 saturated carbocycles. The monoisotopic (exact) mass is 557 g/mol. The van der Waals surface area contributed by atoms with Crippen LogP contribution in [-0.2, 0) is 6.42 Å². The van der Waals surface area contributed by atoms with Crippen molar-refractivity contribution in [3.05, 3.63) is 43.6 Å². The molecule has 1 atom stereocenters. The summed E-state index contributed by atoms with van der Waals surface area (Å²) in [6, 6.07) is 4.83. The Morgan fingerprint density at radius 2 is 2.19 bits per heavy atom. The van der Waals surface area contributed by atoms with Crippen LogP contribution in [0.2, 0.25) is 0 Å². The summed E-state index contributed by atoms with van der Waals surface area (Å²) in [5, 5.41) is 16.6. The van der Waals surface area contributed by atoms with Crippen LogP contribution in [0.4, 0.5) is 15.1 Å². The van der Waals surface area contributed by atoms with Gasteiger partial charge in [0.2, 0.25) is 0 Å². The lowest BCUT2D eigenvalue weighted by Crippen LogP contribution is -2.42. The van der Waals surface area contributed by atoms with Gasteiger partial charge in [-0.25, -0.2) is 4.39 Å². The first-order chi connectivity index (χ1) is 14.6. The number of aliphatic hydroxyl groups excluding tert-OH is 1. The topological polar surface area (TPSA) is 81.7 Å². The fourth-order valence-electron chi connectivity index (χ4n) is 4.08. The lowest BCUT2D eigenvalue weighted by molar-refractivity contribution is 0.0473. The Morgan fingerprint density at radius 1 is 1.42 bits per heavy atom. The minimum absolute atomic E-state index is 0.213. The molecule has 4 rings (SSSR count). The molecule has 166 valence electrons. The lowest BCUT2D eigenvalue weighted by atomic mass is 9.85. The smallest absolute Gasteiger partial charge is 0.261 e. The summed E-state index contributed by atoms with van der Waals surface area (Å²) < 4.78 is 15.3. The van der Waals surface area contributed by atoms with Crippen molar-refractivity contribution in [1.82, 2.24) is 10.2 Å². The first kappa shape index (κ1) is 22.5. The van der Waals surface area contributed by atoms with Gasteiger partial charge in [0.25, 0.3) is 11.8 Å². The number of anilines is 2. The van der Waals surface area contributed by atoms with Crippen LogP contribution in [0.3, 0.4) is 0 Å². The highest BCUT2D eigenvalue weighted by molar-refractivity contribution is 14.1. The molecule has 6 nitrogen and oxygen atoms in total. The second-order valence-corrected chi connectivity index (χ2v) is 11.2. The van der Waals surface area contributed by atoms with Gasteiger partial charge >= 0.3 is 0 Å². The fraction of sp³-hybridized carbons (Fsp3) is 0.455. The summed E-state index contributed by atoms with van der Waals surface area (Å²) in [5.41, 5.74) is 1.13. The van der Waals surface area contributed by atoms with Crippen LogP contribution in [0.1, 0.15) is 52.3 Å². The Balaban J connectivity index is 1.81. The molecule has 9 heteroatoms. The molecule has 2 aliphatic heterocycles. The summed E-state index contributed by atoms with van der Waals surface area (Å²) in [6.45, 7) is 5.41. The predicted octanol–water partition coefficient (Wildman–Crippen LogP) is 4.14. The van der Waals surface area contributed by atoms with Gasteiger partial charge in [-0.3, -0.25) is 9.59 Å². The zero-order valence-electron chi connectivity index (χ0n) is 17.4. The van der Waals surface area contributed by atoms with E-state index in [4.69, 9.17) is 0 Å². The van der Waals surface area contributed by atoms with Crippen molar-refractivity contribution in [2.45, 2.75) is 39.2 Å². The SMILES string of the molecule is CC1(C)CNC(=O)c2sc(Nc3ccc(I)cc3F)c(C(=O)N3CCCC(O)C3)c2C1. The van der Waals surface area contributed by atoms with E-state index in [0.717, 1.165) is 9.99 Å². The number of carbonyl (C=O) groups excluding carboxylic acids is 2. The Kier molecular flexibility index (Phi) is 6.28. The second kappa shape index (κ2) is 8.67. The van der Waals surface area contributed by atoms with Gasteiger partial charge in [0, 0.05) is 23.2 Å². The molecule has 1 aromatic heterocycles. The number of piperidine rings is 1. The summed E-state index contributed by atoms with van der Waals surface area (Å²) >= 11 is 3.22. The third-order valence-corrected chi connectivity index (χ3v) is 7.49. The Labute approximate surface area is 198 Å². The summed E-state index contributed by atoms with van der Waals surface area (Å²) in [6.07, 6.45) is 1.38. The van der Waals surface area contributed by atoms with Crippen molar-refractivity contribution in [3.63, 3.8) is 0 Å². The van der Waals surface area contributed by atoms with E-state index in [1.165, 1.54) is 17.4 Å². The molecule has 0 bridgehead atoms. The number of nitrogens with zero attached hydrogens (tertiary/aromatic N) is 1. The van der Waals surface area contributed by atoms with Crippen LogP contribution < -0.4 is 10.6 Å².